The highest BCUT2D eigenvalue weighted by Crippen LogP contribution is 2.30. The molecule has 6 heteroatoms. The van der Waals surface area contributed by atoms with E-state index in [1.807, 2.05) is 36.4 Å². The molecule has 1 amide bonds. The van der Waals surface area contributed by atoms with Crippen molar-refractivity contribution in [2.24, 2.45) is 0 Å². The lowest BCUT2D eigenvalue weighted by molar-refractivity contribution is -0.130. The Morgan fingerprint density at radius 3 is 2.67 bits per heavy atom. The third-order valence-electron chi connectivity index (χ3n) is 3.70. The third-order valence-corrected chi connectivity index (χ3v) is 4.39. The number of benzene rings is 1. The number of amides is 1. The molecule has 1 aliphatic rings. The highest BCUT2D eigenvalue weighted by atomic mass is 79.9. The van der Waals surface area contributed by atoms with Crippen LogP contribution in [0.5, 0.6) is 0 Å². The Labute approximate surface area is 148 Å². The van der Waals surface area contributed by atoms with Gasteiger partial charge in [-0.2, -0.15) is 5.26 Å². The highest BCUT2D eigenvalue weighted by Gasteiger charge is 2.21. The number of nitriles is 1. The number of carbonyl (C=O) groups is 1. The van der Waals surface area contributed by atoms with Crippen molar-refractivity contribution in [3.05, 3.63) is 52.2 Å². The smallest absolute Gasteiger partial charge is 0.264 e. The molecule has 3 rings (SSSR count). The molecule has 1 saturated heterocycles. The predicted molar refractivity (Wildman–Crippen MR) is 92.8 cm³/mol. The summed E-state index contributed by atoms with van der Waals surface area (Å²) in [5.74, 6) is 0.850. The number of carbonyl (C=O) groups excluding carboxylic acids is 1. The van der Waals surface area contributed by atoms with Gasteiger partial charge in [-0.3, -0.25) is 4.79 Å². The van der Waals surface area contributed by atoms with E-state index in [0.29, 0.717) is 37.8 Å². The molecular formula is C18H15BrN2O3. The predicted octanol–water partition coefficient (Wildman–Crippen LogP) is 3.47. The molecule has 0 radical (unpaired) electrons. The molecule has 0 spiro atoms. The number of ether oxygens (including phenoxy) is 1. The summed E-state index contributed by atoms with van der Waals surface area (Å²) in [7, 11) is 0. The second-order valence-corrected chi connectivity index (χ2v) is 6.11. The van der Waals surface area contributed by atoms with Gasteiger partial charge in [0.2, 0.25) is 0 Å². The monoisotopic (exact) mass is 386 g/mol. The fraction of sp³-hybridized carbons (Fsp3) is 0.222. The van der Waals surface area contributed by atoms with Crippen molar-refractivity contribution in [1.29, 1.82) is 5.26 Å². The van der Waals surface area contributed by atoms with Crippen LogP contribution in [0.25, 0.3) is 17.4 Å². The summed E-state index contributed by atoms with van der Waals surface area (Å²) < 4.78 is 11.9. The van der Waals surface area contributed by atoms with E-state index in [0.717, 1.165) is 10.0 Å². The van der Waals surface area contributed by atoms with E-state index < -0.39 is 0 Å². The van der Waals surface area contributed by atoms with Gasteiger partial charge in [0, 0.05) is 29.2 Å². The fourth-order valence-corrected chi connectivity index (χ4v) is 2.94. The maximum atomic E-state index is 12.4. The van der Waals surface area contributed by atoms with Gasteiger partial charge in [0.15, 0.2) is 0 Å². The molecule has 1 aromatic carbocycles. The third kappa shape index (κ3) is 3.58. The van der Waals surface area contributed by atoms with E-state index in [2.05, 4.69) is 15.9 Å². The van der Waals surface area contributed by atoms with Gasteiger partial charge >= 0.3 is 0 Å². The van der Waals surface area contributed by atoms with Gasteiger partial charge in [0.25, 0.3) is 5.91 Å². The number of nitrogens with zero attached hydrogens (tertiary/aromatic N) is 2. The lowest BCUT2D eigenvalue weighted by Crippen LogP contribution is -2.41. The summed E-state index contributed by atoms with van der Waals surface area (Å²) in [5.41, 5.74) is 0.972. The van der Waals surface area contributed by atoms with E-state index in [-0.39, 0.29) is 11.5 Å². The van der Waals surface area contributed by atoms with Crippen molar-refractivity contribution in [2.75, 3.05) is 26.3 Å². The maximum absolute atomic E-state index is 12.4. The number of halogens is 1. The standard InChI is InChI=1S/C18H15BrN2O3/c19-16-4-2-1-3-15(16)17-6-5-14(24-17)11-13(12-20)18(22)21-7-9-23-10-8-21/h1-6,11H,7-10H2/b13-11-. The zero-order valence-corrected chi connectivity index (χ0v) is 14.5. The Morgan fingerprint density at radius 2 is 1.96 bits per heavy atom. The molecule has 1 fully saturated rings. The number of hydrogen-bond donors (Lipinski definition) is 0. The Balaban J connectivity index is 1.83. The van der Waals surface area contributed by atoms with Crippen LogP contribution in [0.3, 0.4) is 0 Å². The molecule has 122 valence electrons. The summed E-state index contributed by atoms with van der Waals surface area (Å²) in [6.07, 6.45) is 1.48. The second-order valence-electron chi connectivity index (χ2n) is 5.26. The average Bonchev–Trinajstić information content (AvgIpc) is 3.08. The van der Waals surface area contributed by atoms with E-state index in [1.54, 1.807) is 11.0 Å². The second kappa shape index (κ2) is 7.47. The van der Waals surface area contributed by atoms with Gasteiger partial charge < -0.3 is 14.1 Å². The Hall–Kier alpha value is -2.36. The number of hydrogen-bond acceptors (Lipinski definition) is 4. The van der Waals surface area contributed by atoms with Gasteiger partial charge in [0.1, 0.15) is 23.2 Å². The van der Waals surface area contributed by atoms with Crippen LogP contribution in [0.2, 0.25) is 0 Å². The molecule has 1 aromatic heterocycles. The van der Waals surface area contributed by atoms with Crippen molar-refractivity contribution in [3.63, 3.8) is 0 Å². The van der Waals surface area contributed by atoms with E-state index >= 15 is 0 Å². The van der Waals surface area contributed by atoms with Crippen LogP contribution < -0.4 is 0 Å². The summed E-state index contributed by atoms with van der Waals surface area (Å²) in [5, 5.41) is 9.31. The molecule has 2 aromatic rings. The number of morpholine rings is 1. The van der Waals surface area contributed by atoms with Crippen molar-refractivity contribution in [2.45, 2.75) is 0 Å². The Bertz CT molecular complexity index is 814. The van der Waals surface area contributed by atoms with Gasteiger partial charge in [0.05, 0.1) is 13.2 Å². The minimum absolute atomic E-state index is 0.0601. The number of furan rings is 1. The molecule has 2 heterocycles. The zero-order valence-electron chi connectivity index (χ0n) is 12.9. The largest absolute Gasteiger partial charge is 0.457 e. The topological polar surface area (TPSA) is 66.5 Å². The van der Waals surface area contributed by atoms with Crippen LogP contribution in [-0.2, 0) is 9.53 Å². The molecule has 0 saturated carbocycles. The summed E-state index contributed by atoms with van der Waals surface area (Å²) >= 11 is 3.48. The SMILES string of the molecule is N#C/C(=C/c1ccc(-c2ccccc2Br)o1)C(=O)N1CCOCC1. The first-order chi connectivity index (χ1) is 11.7. The van der Waals surface area contributed by atoms with Crippen LogP contribution in [0.1, 0.15) is 5.76 Å². The van der Waals surface area contributed by atoms with Gasteiger partial charge in [-0.15, -0.1) is 0 Å². The lowest BCUT2D eigenvalue weighted by atomic mass is 10.2. The molecule has 24 heavy (non-hydrogen) atoms. The highest BCUT2D eigenvalue weighted by molar-refractivity contribution is 9.10. The van der Waals surface area contributed by atoms with E-state index in [9.17, 15) is 10.1 Å². The summed E-state index contributed by atoms with van der Waals surface area (Å²) in [6, 6.07) is 13.2. The molecule has 0 unspecified atom stereocenters. The molecular weight excluding hydrogens is 372 g/mol. The lowest BCUT2D eigenvalue weighted by Gasteiger charge is -2.26. The van der Waals surface area contributed by atoms with Crippen molar-refractivity contribution < 1.29 is 13.9 Å². The first-order valence-corrected chi connectivity index (χ1v) is 8.32. The minimum Gasteiger partial charge on any atom is -0.457 e. The quantitative estimate of drug-likeness (QED) is 0.598. The summed E-state index contributed by atoms with van der Waals surface area (Å²) in [6.45, 7) is 1.99. The first kappa shape index (κ1) is 16.5. The molecule has 0 N–H and O–H groups in total. The minimum atomic E-state index is -0.292. The van der Waals surface area contributed by atoms with Gasteiger partial charge in [-0.25, -0.2) is 0 Å². The van der Waals surface area contributed by atoms with E-state index in [1.165, 1.54) is 6.08 Å². The molecule has 1 aliphatic heterocycles. The van der Waals surface area contributed by atoms with Crippen LogP contribution in [-0.4, -0.2) is 37.1 Å². The van der Waals surface area contributed by atoms with Crippen molar-refractivity contribution in [3.8, 4) is 17.4 Å². The van der Waals surface area contributed by atoms with E-state index in [4.69, 9.17) is 9.15 Å². The number of rotatable bonds is 3. The molecule has 0 bridgehead atoms. The van der Waals surface area contributed by atoms with Crippen LogP contribution >= 0.6 is 15.9 Å². The fourth-order valence-electron chi connectivity index (χ4n) is 2.46. The zero-order chi connectivity index (χ0) is 16.9. The van der Waals surface area contributed by atoms with Crippen LogP contribution in [0.15, 0.2) is 50.9 Å². The van der Waals surface area contributed by atoms with Crippen molar-refractivity contribution in [1.82, 2.24) is 4.90 Å². The molecule has 5 nitrogen and oxygen atoms in total. The van der Waals surface area contributed by atoms with Crippen LogP contribution in [0, 0.1) is 11.3 Å². The van der Waals surface area contributed by atoms with Crippen LogP contribution in [0.4, 0.5) is 0 Å². The van der Waals surface area contributed by atoms with Gasteiger partial charge in [-0.05, 0) is 18.2 Å². The normalized spacial score (nSPS) is 15.2. The maximum Gasteiger partial charge on any atom is 0.264 e. The molecule has 0 atom stereocenters. The first-order valence-electron chi connectivity index (χ1n) is 7.52. The summed E-state index contributed by atoms with van der Waals surface area (Å²) in [4.78, 5) is 14.0. The van der Waals surface area contributed by atoms with Crippen molar-refractivity contribution >= 4 is 27.9 Å². The molecule has 0 aliphatic carbocycles. The van der Waals surface area contributed by atoms with Gasteiger partial charge in [-0.1, -0.05) is 34.1 Å². The average molecular weight is 387 g/mol. The Kier molecular flexibility index (Phi) is 5.14. The Morgan fingerprint density at radius 1 is 1.21 bits per heavy atom.